The third-order valence-electron chi connectivity index (χ3n) is 4.45. The van der Waals surface area contributed by atoms with E-state index in [1.807, 2.05) is 0 Å². The Morgan fingerprint density at radius 1 is 1.30 bits per heavy atom. The SMILES string of the molecule is NC(=O)c1c(NC(=O)CSc2n[nH]c(COc3ccc(Cl)cc3)n2)sc2c1CCC2. The van der Waals surface area contributed by atoms with Gasteiger partial charge in [-0.1, -0.05) is 23.4 Å². The minimum absolute atomic E-state index is 0.107. The molecule has 2 heterocycles. The third-order valence-corrected chi connectivity index (χ3v) is 6.76. The van der Waals surface area contributed by atoms with Crippen molar-refractivity contribution in [1.82, 2.24) is 15.2 Å². The molecule has 0 radical (unpaired) electrons. The molecule has 11 heteroatoms. The summed E-state index contributed by atoms with van der Waals surface area (Å²) in [5.41, 5.74) is 6.95. The first-order valence-corrected chi connectivity index (χ1v) is 11.3. The molecule has 0 spiro atoms. The second kappa shape index (κ2) is 9.07. The van der Waals surface area contributed by atoms with Crippen LogP contribution in [-0.4, -0.2) is 32.7 Å². The molecule has 156 valence electrons. The first-order valence-electron chi connectivity index (χ1n) is 9.16. The van der Waals surface area contributed by atoms with Gasteiger partial charge >= 0.3 is 0 Å². The molecule has 0 saturated carbocycles. The van der Waals surface area contributed by atoms with E-state index in [2.05, 4.69) is 20.5 Å². The number of thioether (sulfide) groups is 1. The van der Waals surface area contributed by atoms with Crippen molar-refractivity contribution in [2.45, 2.75) is 31.0 Å². The Hall–Kier alpha value is -2.56. The molecule has 1 aliphatic rings. The van der Waals surface area contributed by atoms with Crippen LogP contribution < -0.4 is 15.8 Å². The average Bonchev–Trinajstić information content (AvgIpc) is 3.41. The van der Waals surface area contributed by atoms with E-state index in [1.165, 1.54) is 23.1 Å². The highest BCUT2D eigenvalue weighted by Crippen LogP contribution is 2.38. The number of H-pyrrole nitrogens is 1. The van der Waals surface area contributed by atoms with Gasteiger partial charge in [0.1, 0.15) is 17.4 Å². The molecule has 3 aromatic rings. The molecule has 4 N–H and O–H groups in total. The van der Waals surface area contributed by atoms with Crippen LogP contribution in [-0.2, 0) is 24.2 Å². The summed E-state index contributed by atoms with van der Waals surface area (Å²) in [6.45, 7) is 0.212. The molecule has 30 heavy (non-hydrogen) atoms. The van der Waals surface area contributed by atoms with Crippen molar-refractivity contribution in [2.75, 3.05) is 11.1 Å². The summed E-state index contributed by atoms with van der Waals surface area (Å²) in [6, 6.07) is 7.01. The summed E-state index contributed by atoms with van der Waals surface area (Å²) in [6.07, 6.45) is 2.76. The number of aryl methyl sites for hydroxylation is 1. The van der Waals surface area contributed by atoms with Gasteiger partial charge in [0.25, 0.3) is 5.91 Å². The van der Waals surface area contributed by atoms with E-state index in [0.717, 1.165) is 29.7 Å². The van der Waals surface area contributed by atoms with Crippen molar-refractivity contribution < 1.29 is 14.3 Å². The number of hydrogen-bond donors (Lipinski definition) is 3. The minimum Gasteiger partial charge on any atom is -0.486 e. The summed E-state index contributed by atoms with van der Waals surface area (Å²) in [5.74, 6) is 0.565. The van der Waals surface area contributed by atoms with Gasteiger partial charge in [-0.3, -0.25) is 14.7 Å². The Labute approximate surface area is 185 Å². The molecule has 2 aromatic heterocycles. The number of thiophene rings is 1. The van der Waals surface area contributed by atoms with Crippen LogP contribution in [0.2, 0.25) is 5.02 Å². The van der Waals surface area contributed by atoms with Crippen LogP contribution in [0.15, 0.2) is 29.4 Å². The van der Waals surface area contributed by atoms with Crippen molar-refractivity contribution in [2.24, 2.45) is 5.73 Å². The van der Waals surface area contributed by atoms with Crippen molar-refractivity contribution in [3.8, 4) is 5.75 Å². The number of hydrogen-bond acceptors (Lipinski definition) is 7. The highest BCUT2D eigenvalue weighted by atomic mass is 35.5. The van der Waals surface area contributed by atoms with E-state index in [0.29, 0.717) is 32.3 Å². The predicted molar refractivity (Wildman–Crippen MR) is 116 cm³/mol. The molecule has 8 nitrogen and oxygen atoms in total. The summed E-state index contributed by atoms with van der Waals surface area (Å²) < 4.78 is 5.61. The Morgan fingerprint density at radius 3 is 2.87 bits per heavy atom. The second-order valence-electron chi connectivity index (χ2n) is 6.57. The number of ether oxygens (including phenoxy) is 1. The van der Waals surface area contributed by atoms with E-state index in [1.54, 1.807) is 24.3 Å². The van der Waals surface area contributed by atoms with Gasteiger partial charge in [0, 0.05) is 9.90 Å². The van der Waals surface area contributed by atoms with E-state index in [-0.39, 0.29) is 18.3 Å². The third kappa shape index (κ3) is 4.77. The van der Waals surface area contributed by atoms with Gasteiger partial charge < -0.3 is 15.8 Å². The normalized spacial score (nSPS) is 12.6. The second-order valence-corrected chi connectivity index (χ2v) is 9.05. The molecular weight excluding hydrogens is 446 g/mol. The molecular formula is C19H18ClN5O3S2. The van der Waals surface area contributed by atoms with Crippen LogP contribution in [0.4, 0.5) is 5.00 Å². The van der Waals surface area contributed by atoms with E-state index < -0.39 is 5.91 Å². The number of primary amides is 1. The highest BCUT2D eigenvalue weighted by Gasteiger charge is 2.26. The standard InChI is InChI=1S/C19H18ClN5O3S2/c20-10-4-6-11(7-5-10)28-8-14-22-19(25-24-14)29-9-15(26)23-18-16(17(21)27)12-2-1-3-13(12)30-18/h4-7H,1-3,8-9H2,(H2,21,27)(H,23,26)(H,22,24,25). The van der Waals surface area contributed by atoms with Gasteiger partial charge in [0.2, 0.25) is 11.1 Å². The lowest BCUT2D eigenvalue weighted by molar-refractivity contribution is -0.113. The van der Waals surface area contributed by atoms with Gasteiger partial charge in [0.15, 0.2) is 5.82 Å². The number of fused-ring (bicyclic) bond motifs is 1. The monoisotopic (exact) mass is 463 g/mol. The maximum absolute atomic E-state index is 12.4. The van der Waals surface area contributed by atoms with E-state index in [9.17, 15) is 9.59 Å². The number of aromatic amines is 1. The number of halogens is 1. The average molecular weight is 464 g/mol. The van der Waals surface area contributed by atoms with Crippen molar-refractivity contribution in [3.63, 3.8) is 0 Å². The van der Waals surface area contributed by atoms with Gasteiger partial charge in [-0.25, -0.2) is 4.98 Å². The number of nitrogens with zero attached hydrogens (tertiary/aromatic N) is 2. The summed E-state index contributed by atoms with van der Waals surface area (Å²) in [7, 11) is 0. The zero-order valence-corrected chi connectivity index (χ0v) is 18.1. The van der Waals surface area contributed by atoms with Crippen molar-refractivity contribution in [1.29, 1.82) is 0 Å². The lowest BCUT2D eigenvalue weighted by atomic mass is 10.1. The van der Waals surface area contributed by atoms with Crippen LogP contribution in [0.1, 0.15) is 33.0 Å². The molecule has 1 aliphatic carbocycles. The number of amides is 2. The van der Waals surface area contributed by atoms with E-state index >= 15 is 0 Å². The zero-order valence-electron chi connectivity index (χ0n) is 15.7. The maximum atomic E-state index is 12.4. The molecule has 0 aliphatic heterocycles. The fourth-order valence-electron chi connectivity index (χ4n) is 3.14. The number of anilines is 1. The zero-order chi connectivity index (χ0) is 21.1. The number of carbonyl (C=O) groups is 2. The number of rotatable bonds is 8. The largest absolute Gasteiger partial charge is 0.486 e. The Balaban J connectivity index is 1.30. The molecule has 1 aromatic carbocycles. The lowest BCUT2D eigenvalue weighted by Crippen LogP contribution is -2.18. The van der Waals surface area contributed by atoms with Crippen LogP contribution in [0.25, 0.3) is 0 Å². The first kappa shape index (κ1) is 20.7. The van der Waals surface area contributed by atoms with Crippen molar-refractivity contribution >= 4 is 51.5 Å². The number of nitrogens with two attached hydrogens (primary N) is 1. The topological polar surface area (TPSA) is 123 Å². The van der Waals surface area contributed by atoms with E-state index in [4.69, 9.17) is 22.1 Å². The molecule has 0 bridgehead atoms. The molecule has 0 unspecified atom stereocenters. The maximum Gasteiger partial charge on any atom is 0.251 e. The summed E-state index contributed by atoms with van der Waals surface area (Å²) in [4.78, 5) is 29.6. The number of carbonyl (C=O) groups excluding carboxylic acids is 2. The van der Waals surface area contributed by atoms with Crippen LogP contribution in [0.3, 0.4) is 0 Å². The Kier molecular flexibility index (Phi) is 6.26. The van der Waals surface area contributed by atoms with Gasteiger partial charge in [-0.15, -0.1) is 16.4 Å². The smallest absolute Gasteiger partial charge is 0.251 e. The fourth-order valence-corrected chi connectivity index (χ4v) is 5.19. The summed E-state index contributed by atoms with van der Waals surface area (Å²) in [5, 5.41) is 11.3. The lowest BCUT2D eigenvalue weighted by Gasteiger charge is -2.05. The Bertz CT molecular complexity index is 1080. The predicted octanol–water partition coefficient (Wildman–Crippen LogP) is 3.42. The van der Waals surface area contributed by atoms with Crippen LogP contribution in [0.5, 0.6) is 5.75 Å². The number of nitrogens with one attached hydrogen (secondary N) is 2. The molecule has 2 amide bonds. The fraction of sp³-hybridized carbons (Fsp3) is 0.263. The quantitative estimate of drug-likeness (QED) is 0.440. The summed E-state index contributed by atoms with van der Waals surface area (Å²) >= 11 is 8.46. The van der Waals surface area contributed by atoms with Crippen LogP contribution in [0, 0.1) is 0 Å². The molecule has 0 atom stereocenters. The minimum atomic E-state index is -0.503. The van der Waals surface area contributed by atoms with Crippen molar-refractivity contribution in [3.05, 3.63) is 51.1 Å². The Morgan fingerprint density at radius 2 is 2.10 bits per heavy atom. The molecule has 0 saturated heterocycles. The highest BCUT2D eigenvalue weighted by molar-refractivity contribution is 7.99. The number of aromatic nitrogens is 3. The van der Waals surface area contributed by atoms with Gasteiger partial charge in [-0.2, -0.15) is 0 Å². The van der Waals surface area contributed by atoms with Crippen LogP contribution >= 0.6 is 34.7 Å². The van der Waals surface area contributed by atoms with Gasteiger partial charge in [0.05, 0.1) is 11.3 Å². The van der Waals surface area contributed by atoms with Gasteiger partial charge in [-0.05, 0) is 49.1 Å². The molecule has 4 rings (SSSR count). The molecule has 0 fully saturated rings. The number of benzene rings is 1. The first-order chi connectivity index (χ1) is 14.5.